The molecule has 8 nitrogen and oxygen atoms in total. The van der Waals surface area contributed by atoms with Crippen LogP contribution in [0, 0.1) is 5.92 Å². The number of carbonyl (C=O) groups excluding carboxylic acids is 4. The van der Waals surface area contributed by atoms with Gasteiger partial charge >= 0.3 is 0 Å². The fourth-order valence-corrected chi connectivity index (χ4v) is 2.79. The van der Waals surface area contributed by atoms with Crippen molar-refractivity contribution >= 4 is 23.5 Å². The van der Waals surface area contributed by atoms with Crippen LogP contribution < -0.4 is 20.7 Å². The molecule has 2 aliphatic carbocycles. The van der Waals surface area contributed by atoms with Gasteiger partial charge in [-0.25, -0.2) is 0 Å². The van der Waals surface area contributed by atoms with Crippen molar-refractivity contribution in [3.8, 4) is 5.75 Å². The zero-order valence-electron chi connectivity index (χ0n) is 15.8. The smallest absolute Gasteiger partial charge is 0.289 e. The van der Waals surface area contributed by atoms with Crippen molar-refractivity contribution in [2.75, 3.05) is 13.7 Å². The summed E-state index contributed by atoms with van der Waals surface area (Å²) in [6, 6.07) is 5.97. The van der Waals surface area contributed by atoms with Crippen LogP contribution >= 0.6 is 0 Å². The van der Waals surface area contributed by atoms with Gasteiger partial charge in [0.1, 0.15) is 11.8 Å². The highest BCUT2D eigenvalue weighted by atomic mass is 16.5. The molecule has 1 aromatic rings. The van der Waals surface area contributed by atoms with Gasteiger partial charge in [0.25, 0.3) is 11.8 Å². The maximum absolute atomic E-state index is 12.5. The molecule has 0 aliphatic heterocycles. The third-order valence-corrected chi connectivity index (χ3v) is 4.81. The summed E-state index contributed by atoms with van der Waals surface area (Å²) in [5, 5.41) is 7.81. The van der Waals surface area contributed by atoms with E-state index in [1.165, 1.54) is 7.11 Å². The summed E-state index contributed by atoms with van der Waals surface area (Å²) in [4.78, 5) is 48.6. The first-order chi connectivity index (χ1) is 13.5. The Morgan fingerprint density at radius 2 is 1.89 bits per heavy atom. The number of benzene rings is 1. The second-order valence-electron chi connectivity index (χ2n) is 7.33. The van der Waals surface area contributed by atoms with Gasteiger partial charge in [-0.15, -0.1) is 0 Å². The van der Waals surface area contributed by atoms with Gasteiger partial charge in [0.2, 0.25) is 11.7 Å². The number of nitrogens with one attached hydrogen (secondary N) is 3. The standard InChI is InChI=1S/C20H25N3O5/c1-28-15-4-2-3-13(10-15)18(25)23-16(9-12-5-6-12)19(26)21-11-17(24)20(27)22-14-7-8-14/h2-4,10,12,14,16H,5-9,11H2,1H3,(H,21,26)(H,22,27)(H,23,25)/t16-/m0/s1. The summed E-state index contributed by atoms with van der Waals surface area (Å²) in [5.41, 5.74) is 0.382. The fourth-order valence-electron chi connectivity index (χ4n) is 2.79. The van der Waals surface area contributed by atoms with E-state index in [1.54, 1.807) is 24.3 Å². The number of ketones is 1. The van der Waals surface area contributed by atoms with Crippen molar-refractivity contribution in [3.63, 3.8) is 0 Å². The summed E-state index contributed by atoms with van der Waals surface area (Å²) in [6.45, 7) is -0.381. The maximum Gasteiger partial charge on any atom is 0.289 e. The Kier molecular flexibility index (Phi) is 6.28. The number of Topliss-reactive ketones (excluding diaryl/α,β-unsaturated/α-hetero) is 1. The highest BCUT2D eigenvalue weighted by Gasteiger charge is 2.31. The van der Waals surface area contributed by atoms with Crippen molar-refractivity contribution in [3.05, 3.63) is 29.8 Å². The van der Waals surface area contributed by atoms with Crippen LogP contribution in [0.1, 0.15) is 42.5 Å². The summed E-state index contributed by atoms with van der Waals surface area (Å²) in [7, 11) is 1.51. The number of ether oxygens (including phenoxy) is 1. The van der Waals surface area contributed by atoms with Gasteiger partial charge in [-0.05, 0) is 43.4 Å². The van der Waals surface area contributed by atoms with E-state index in [4.69, 9.17) is 4.74 Å². The van der Waals surface area contributed by atoms with Crippen LogP contribution in [0.25, 0.3) is 0 Å². The lowest BCUT2D eigenvalue weighted by Crippen LogP contribution is -2.49. The quantitative estimate of drug-likeness (QED) is 0.508. The van der Waals surface area contributed by atoms with Crippen LogP contribution in [-0.2, 0) is 14.4 Å². The predicted molar refractivity (Wildman–Crippen MR) is 101 cm³/mol. The molecule has 0 aromatic heterocycles. The van der Waals surface area contributed by atoms with Crippen LogP contribution in [0.15, 0.2) is 24.3 Å². The summed E-state index contributed by atoms with van der Waals surface area (Å²) in [5.74, 6) is -1.29. The highest BCUT2D eigenvalue weighted by Crippen LogP contribution is 2.33. The average Bonchev–Trinajstić information content (AvgIpc) is 3.61. The first kappa shape index (κ1) is 19.9. The van der Waals surface area contributed by atoms with E-state index in [0.717, 1.165) is 25.7 Å². The van der Waals surface area contributed by atoms with E-state index in [1.807, 2.05) is 0 Å². The minimum atomic E-state index is -0.759. The molecule has 3 rings (SSSR count). The van der Waals surface area contributed by atoms with Gasteiger partial charge < -0.3 is 20.7 Å². The third kappa shape index (κ3) is 5.80. The van der Waals surface area contributed by atoms with Crippen molar-refractivity contribution in [1.82, 2.24) is 16.0 Å². The second-order valence-corrected chi connectivity index (χ2v) is 7.33. The SMILES string of the molecule is COc1cccc(C(=O)N[C@@H](CC2CC2)C(=O)NCC(=O)C(=O)NC2CC2)c1. The van der Waals surface area contributed by atoms with Crippen LogP contribution in [0.4, 0.5) is 0 Å². The number of hydrogen-bond acceptors (Lipinski definition) is 5. The lowest BCUT2D eigenvalue weighted by atomic mass is 10.1. The molecule has 3 amide bonds. The zero-order valence-corrected chi connectivity index (χ0v) is 15.8. The zero-order chi connectivity index (χ0) is 20.1. The molecule has 0 heterocycles. The van der Waals surface area contributed by atoms with E-state index >= 15 is 0 Å². The lowest BCUT2D eigenvalue weighted by molar-refractivity contribution is -0.138. The van der Waals surface area contributed by atoms with Crippen molar-refractivity contribution in [2.24, 2.45) is 5.92 Å². The van der Waals surface area contributed by atoms with Gasteiger partial charge in [0.05, 0.1) is 13.7 Å². The average molecular weight is 387 g/mol. The Bertz CT molecular complexity index is 771. The molecular weight excluding hydrogens is 362 g/mol. The number of rotatable bonds is 10. The molecular formula is C20H25N3O5. The normalized spacial score (nSPS) is 16.6. The van der Waals surface area contributed by atoms with E-state index in [-0.39, 0.29) is 12.6 Å². The maximum atomic E-state index is 12.5. The number of carbonyl (C=O) groups is 4. The Hall–Kier alpha value is -2.90. The summed E-state index contributed by atoms with van der Waals surface area (Å²) < 4.78 is 5.12. The Morgan fingerprint density at radius 3 is 2.54 bits per heavy atom. The molecule has 0 bridgehead atoms. The lowest BCUT2D eigenvalue weighted by Gasteiger charge is -2.18. The Morgan fingerprint density at radius 1 is 1.14 bits per heavy atom. The number of amides is 3. The van der Waals surface area contributed by atoms with Gasteiger partial charge in [-0.2, -0.15) is 0 Å². The number of hydrogen-bond donors (Lipinski definition) is 3. The first-order valence-corrected chi connectivity index (χ1v) is 9.52. The monoisotopic (exact) mass is 387 g/mol. The first-order valence-electron chi connectivity index (χ1n) is 9.52. The van der Waals surface area contributed by atoms with E-state index in [9.17, 15) is 19.2 Å². The topological polar surface area (TPSA) is 114 Å². The van der Waals surface area contributed by atoms with Crippen molar-refractivity contribution in [2.45, 2.75) is 44.2 Å². The van der Waals surface area contributed by atoms with Gasteiger partial charge in [0.15, 0.2) is 0 Å². The summed E-state index contributed by atoms with van der Waals surface area (Å²) >= 11 is 0. The predicted octanol–water partition coefficient (Wildman–Crippen LogP) is 0.558. The second kappa shape index (κ2) is 8.86. The molecule has 2 fully saturated rings. The third-order valence-electron chi connectivity index (χ3n) is 4.81. The largest absolute Gasteiger partial charge is 0.497 e. The molecule has 2 aliphatic rings. The van der Waals surface area contributed by atoms with Gasteiger partial charge in [-0.3, -0.25) is 19.2 Å². The molecule has 0 unspecified atom stereocenters. The van der Waals surface area contributed by atoms with Gasteiger partial charge in [-0.1, -0.05) is 18.9 Å². The molecule has 2 saturated carbocycles. The molecule has 0 saturated heterocycles. The van der Waals surface area contributed by atoms with Crippen LogP contribution in [0.3, 0.4) is 0 Å². The van der Waals surface area contributed by atoms with Crippen molar-refractivity contribution < 1.29 is 23.9 Å². The molecule has 8 heteroatoms. The van der Waals surface area contributed by atoms with E-state index in [0.29, 0.717) is 23.7 Å². The van der Waals surface area contributed by atoms with Crippen LogP contribution in [-0.4, -0.2) is 49.2 Å². The fraction of sp³-hybridized carbons (Fsp3) is 0.500. The minimum Gasteiger partial charge on any atom is -0.497 e. The molecule has 3 N–H and O–H groups in total. The van der Waals surface area contributed by atoms with Crippen LogP contribution in [0.2, 0.25) is 0 Å². The molecule has 1 aromatic carbocycles. The van der Waals surface area contributed by atoms with E-state index in [2.05, 4.69) is 16.0 Å². The van der Waals surface area contributed by atoms with Gasteiger partial charge in [0, 0.05) is 11.6 Å². The highest BCUT2D eigenvalue weighted by molar-refractivity contribution is 6.37. The molecule has 1 atom stereocenters. The summed E-state index contributed by atoms with van der Waals surface area (Å²) in [6.07, 6.45) is 4.30. The molecule has 0 radical (unpaired) electrons. The molecule has 150 valence electrons. The van der Waals surface area contributed by atoms with E-state index < -0.39 is 29.5 Å². The minimum absolute atomic E-state index is 0.0805. The van der Waals surface area contributed by atoms with Crippen LogP contribution in [0.5, 0.6) is 5.75 Å². The van der Waals surface area contributed by atoms with Crippen molar-refractivity contribution in [1.29, 1.82) is 0 Å². The number of methoxy groups -OCH3 is 1. The molecule has 0 spiro atoms. The molecule has 28 heavy (non-hydrogen) atoms. The Balaban J connectivity index is 1.55. The Labute approximate surface area is 163 Å².